The van der Waals surface area contributed by atoms with Crippen molar-refractivity contribution in [2.24, 2.45) is 5.73 Å². The number of aromatic nitrogens is 1. The van der Waals surface area contributed by atoms with Gasteiger partial charge in [-0.3, -0.25) is 4.79 Å². The molecule has 0 atom stereocenters. The number of thioether (sulfide) groups is 1. The topological polar surface area (TPSA) is 65.2 Å². The van der Waals surface area contributed by atoms with Gasteiger partial charge < -0.3 is 10.5 Å². The van der Waals surface area contributed by atoms with Crippen LogP contribution in [0.4, 0.5) is 0 Å². The molecule has 0 radical (unpaired) electrons. The molecular formula is C16H18N2O2S. The van der Waals surface area contributed by atoms with Crippen LogP contribution in [0, 0.1) is 13.8 Å². The summed E-state index contributed by atoms with van der Waals surface area (Å²) in [7, 11) is 1.64. The summed E-state index contributed by atoms with van der Waals surface area (Å²) in [5, 5.41) is 0.683. The highest BCUT2D eigenvalue weighted by atomic mass is 32.2. The molecule has 1 aromatic carbocycles. The van der Waals surface area contributed by atoms with Gasteiger partial charge in [0.05, 0.1) is 12.7 Å². The van der Waals surface area contributed by atoms with Crippen molar-refractivity contribution >= 4 is 17.7 Å². The number of ether oxygens (including phenoxy) is 1. The molecule has 0 aliphatic rings. The summed E-state index contributed by atoms with van der Waals surface area (Å²) in [6.45, 7) is 3.79. The molecular weight excluding hydrogens is 284 g/mol. The number of rotatable bonds is 5. The maximum absolute atomic E-state index is 11.6. The zero-order chi connectivity index (χ0) is 15.4. The van der Waals surface area contributed by atoms with E-state index in [1.807, 2.05) is 44.2 Å². The smallest absolute Gasteiger partial charge is 0.251 e. The normalized spacial score (nSPS) is 10.4. The number of nitrogens with zero attached hydrogens (tertiary/aromatic N) is 1. The second-order valence-electron chi connectivity index (χ2n) is 4.77. The third-order valence-corrected chi connectivity index (χ3v) is 4.11. The molecule has 4 nitrogen and oxygen atoms in total. The van der Waals surface area contributed by atoms with Crippen LogP contribution < -0.4 is 10.5 Å². The first-order valence-electron chi connectivity index (χ1n) is 6.55. The Morgan fingerprint density at radius 2 is 2.10 bits per heavy atom. The molecule has 0 saturated heterocycles. The van der Waals surface area contributed by atoms with Crippen molar-refractivity contribution < 1.29 is 9.53 Å². The molecule has 1 heterocycles. The maximum atomic E-state index is 11.6. The van der Waals surface area contributed by atoms with Crippen molar-refractivity contribution in [3.63, 3.8) is 0 Å². The van der Waals surface area contributed by atoms with Gasteiger partial charge in [0.1, 0.15) is 10.8 Å². The van der Waals surface area contributed by atoms with Crippen molar-refractivity contribution in [1.29, 1.82) is 0 Å². The van der Waals surface area contributed by atoms with E-state index in [1.54, 1.807) is 7.11 Å². The van der Waals surface area contributed by atoms with Crippen LogP contribution in [0.25, 0.3) is 0 Å². The number of benzene rings is 1. The maximum Gasteiger partial charge on any atom is 0.251 e. The summed E-state index contributed by atoms with van der Waals surface area (Å²) in [5.74, 6) is 1.08. The van der Waals surface area contributed by atoms with Crippen LogP contribution in [0.3, 0.4) is 0 Å². The molecule has 1 aromatic heterocycles. The van der Waals surface area contributed by atoms with Crippen LogP contribution >= 0.6 is 11.8 Å². The molecule has 0 unspecified atom stereocenters. The number of methoxy groups -OCH3 is 1. The summed E-state index contributed by atoms with van der Waals surface area (Å²) >= 11 is 1.51. The van der Waals surface area contributed by atoms with Crippen molar-refractivity contribution in [2.45, 2.75) is 24.6 Å². The van der Waals surface area contributed by atoms with Gasteiger partial charge in [0.15, 0.2) is 0 Å². The van der Waals surface area contributed by atoms with E-state index in [-0.39, 0.29) is 0 Å². The van der Waals surface area contributed by atoms with E-state index in [2.05, 4.69) is 4.98 Å². The Morgan fingerprint density at radius 3 is 2.76 bits per heavy atom. The average molecular weight is 302 g/mol. The third-order valence-electron chi connectivity index (χ3n) is 3.07. The molecule has 0 spiro atoms. The van der Waals surface area contributed by atoms with Crippen LogP contribution in [0.1, 0.15) is 27.2 Å². The van der Waals surface area contributed by atoms with Crippen LogP contribution in [0.5, 0.6) is 5.75 Å². The Morgan fingerprint density at radius 1 is 1.33 bits per heavy atom. The van der Waals surface area contributed by atoms with Crippen molar-refractivity contribution in [1.82, 2.24) is 4.98 Å². The number of carbonyl (C=O) groups is 1. The number of hydrogen-bond donors (Lipinski definition) is 1. The van der Waals surface area contributed by atoms with E-state index in [9.17, 15) is 4.79 Å². The zero-order valence-electron chi connectivity index (χ0n) is 12.3. The molecule has 0 aliphatic carbocycles. The van der Waals surface area contributed by atoms with Gasteiger partial charge in [0.25, 0.3) is 5.91 Å². The van der Waals surface area contributed by atoms with Gasteiger partial charge in [0.2, 0.25) is 0 Å². The highest BCUT2D eigenvalue weighted by Gasteiger charge is 2.14. The summed E-state index contributed by atoms with van der Waals surface area (Å²) in [5.41, 5.74) is 8.83. The minimum absolute atomic E-state index is 0.437. The van der Waals surface area contributed by atoms with E-state index in [4.69, 9.17) is 10.5 Å². The predicted octanol–water partition coefficient (Wildman–Crippen LogP) is 3.10. The Balaban J connectivity index is 2.25. The molecule has 2 N–H and O–H groups in total. The summed E-state index contributed by atoms with van der Waals surface area (Å²) in [6.07, 6.45) is 0. The van der Waals surface area contributed by atoms with Crippen LogP contribution in [-0.4, -0.2) is 18.0 Å². The quantitative estimate of drug-likeness (QED) is 0.862. The number of carbonyl (C=O) groups excluding carboxylic acids is 1. The fraction of sp³-hybridized carbons (Fsp3) is 0.250. The zero-order valence-corrected chi connectivity index (χ0v) is 13.2. The monoisotopic (exact) mass is 302 g/mol. The van der Waals surface area contributed by atoms with Gasteiger partial charge >= 0.3 is 0 Å². The molecule has 2 rings (SSSR count). The fourth-order valence-corrected chi connectivity index (χ4v) is 3.22. The SMILES string of the molecule is COc1cccc(CSc2nc(C)cc(C)c2C(N)=O)c1. The Kier molecular flexibility index (Phi) is 4.85. The molecule has 5 heteroatoms. The van der Waals surface area contributed by atoms with Gasteiger partial charge in [-0.25, -0.2) is 4.98 Å². The summed E-state index contributed by atoms with van der Waals surface area (Å²) in [6, 6.07) is 9.70. The number of primary amides is 1. The first kappa shape index (κ1) is 15.4. The largest absolute Gasteiger partial charge is 0.497 e. The first-order chi connectivity index (χ1) is 10.0. The van der Waals surface area contributed by atoms with Crippen LogP contribution in [0.15, 0.2) is 35.4 Å². The van der Waals surface area contributed by atoms with E-state index in [0.29, 0.717) is 16.3 Å². The molecule has 0 fully saturated rings. The minimum atomic E-state index is -0.437. The second-order valence-corrected chi connectivity index (χ2v) is 5.73. The van der Waals surface area contributed by atoms with Crippen molar-refractivity contribution in [3.05, 3.63) is 52.7 Å². The molecule has 1 amide bonds. The van der Waals surface area contributed by atoms with Gasteiger partial charge in [0, 0.05) is 11.4 Å². The Labute approximate surface area is 128 Å². The number of pyridine rings is 1. The predicted molar refractivity (Wildman–Crippen MR) is 84.8 cm³/mol. The first-order valence-corrected chi connectivity index (χ1v) is 7.53. The lowest BCUT2D eigenvalue weighted by Crippen LogP contribution is -2.15. The lowest BCUT2D eigenvalue weighted by atomic mass is 10.1. The lowest BCUT2D eigenvalue weighted by molar-refractivity contribution is 0.0996. The lowest BCUT2D eigenvalue weighted by Gasteiger charge is -2.10. The standard InChI is InChI=1S/C16H18N2O2S/c1-10-7-11(2)18-16(14(10)15(17)19)21-9-12-5-4-6-13(8-12)20-3/h4-8H,9H2,1-3H3,(H2,17,19). The highest BCUT2D eigenvalue weighted by molar-refractivity contribution is 7.98. The molecule has 0 bridgehead atoms. The van der Waals surface area contributed by atoms with E-state index in [0.717, 1.165) is 22.6 Å². The number of nitrogens with two attached hydrogens (primary N) is 1. The van der Waals surface area contributed by atoms with Crippen molar-refractivity contribution in [2.75, 3.05) is 7.11 Å². The van der Waals surface area contributed by atoms with Gasteiger partial charge in [-0.2, -0.15) is 0 Å². The summed E-state index contributed by atoms with van der Waals surface area (Å²) < 4.78 is 5.21. The number of hydrogen-bond acceptors (Lipinski definition) is 4. The summed E-state index contributed by atoms with van der Waals surface area (Å²) in [4.78, 5) is 16.1. The second kappa shape index (κ2) is 6.63. The Hall–Kier alpha value is -2.01. The Bertz CT molecular complexity index is 671. The van der Waals surface area contributed by atoms with Gasteiger partial charge in [-0.05, 0) is 43.2 Å². The van der Waals surface area contributed by atoms with E-state index < -0.39 is 5.91 Å². The average Bonchev–Trinajstić information content (AvgIpc) is 2.44. The molecule has 0 saturated carbocycles. The highest BCUT2D eigenvalue weighted by Crippen LogP contribution is 2.28. The number of aryl methyl sites for hydroxylation is 2. The number of amides is 1. The van der Waals surface area contributed by atoms with Gasteiger partial charge in [-0.1, -0.05) is 12.1 Å². The molecule has 110 valence electrons. The molecule has 2 aromatic rings. The van der Waals surface area contributed by atoms with Crippen molar-refractivity contribution in [3.8, 4) is 5.75 Å². The third kappa shape index (κ3) is 3.76. The van der Waals surface area contributed by atoms with E-state index in [1.165, 1.54) is 11.8 Å². The van der Waals surface area contributed by atoms with Crippen LogP contribution in [-0.2, 0) is 5.75 Å². The minimum Gasteiger partial charge on any atom is -0.497 e. The van der Waals surface area contributed by atoms with E-state index >= 15 is 0 Å². The van der Waals surface area contributed by atoms with Crippen LogP contribution in [0.2, 0.25) is 0 Å². The molecule has 21 heavy (non-hydrogen) atoms. The molecule has 0 aliphatic heterocycles. The van der Waals surface area contributed by atoms with Gasteiger partial charge in [-0.15, -0.1) is 11.8 Å². The fourth-order valence-electron chi connectivity index (χ4n) is 2.12.